The van der Waals surface area contributed by atoms with Crippen molar-refractivity contribution in [1.82, 2.24) is 0 Å². The molecule has 0 bridgehead atoms. The maximum Gasteiger partial charge on any atom is 0.563 e. The fourth-order valence-corrected chi connectivity index (χ4v) is 4.30. The maximum atomic E-state index is 11.7. The Balaban J connectivity index is 2.28. The smallest absolute Gasteiger partial charge is 0.402 e. The van der Waals surface area contributed by atoms with Crippen LogP contribution in [0.1, 0.15) is 25.0 Å². The number of hydrogen-bond donors (Lipinski definition) is 0. The normalized spacial score (nSPS) is 20.1. The minimum Gasteiger partial charge on any atom is -0.402 e. The summed E-state index contributed by atoms with van der Waals surface area (Å²) in [5, 5.41) is 0. The third-order valence-corrected chi connectivity index (χ3v) is 5.88. The Hall–Kier alpha value is -0.880. The van der Waals surface area contributed by atoms with E-state index in [1.165, 1.54) is 0 Å². The Kier molecular flexibility index (Phi) is 3.51. The van der Waals surface area contributed by atoms with Gasteiger partial charge in [0.05, 0.1) is 0 Å². The quantitative estimate of drug-likeness (QED) is 0.794. The van der Waals surface area contributed by atoms with Crippen molar-refractivity contribution in [3.05, 3.63) is 29.3 Å². The zero-order chi connectivity index (χ0) is 13.4. The first-order chi connectivity index (χ1) is 8.39. The van der Waals surface area contributed by atoms with Crippen LogP contribution in [-0.2, 0) is 35.7 Å². The van der Waals surface area contributed by atoms with Crippen molar-refractivity contribution >= 4 is 18.2 Å². The van der Waals surface area contributed by atoms with Gasteiger partial charge < -0.3 is 4.52 Å². The Morgan fingerprint density at radius 3 is 2.39 bits per heavy atom. The van der Waals surface area contributed by atoms with E-state index in [9.17, 15) is 13.0 Å². The summed E-state index contributed by atoms with van der Waals surface area (Å²) >= 11 is 0. The van der Waals surface area contributed by atoms with E-state index >= 15 is 0 Å². The molecule has 0 aliphatic carbocycles. The second-order valence-corrected chi connectivity index (χ2v) is 6.78. The molecule has 0 atom stereocenters. The van der Waals surface area contributed by atoms with Crippen molar-refractivity contribution in [1.29, 1.82) is 0 Å². The molecule has 2 rings (SSSR count). The van der Waals surface area contributed by atoms with Gasteiger partial charge >= 0.3 is 18.2 Å². The van der Waals surface area contributed by atoms with Crippen LogP contribution >= 0.6 is 7.82 Å². The average molecular weight is 292 g/mol. The van der Waals surface area contributed by atoms with Crippen LogP contribution in [0.15, 0.2) is 18.2 Å². The first kappa shape index (κ1) is 13.5. The molecule has 8 heteroatoms. The van der Waals surface area contributed by atoms with Gasteiger partial charge in [-0.05, 0) is 30.0 Å². The SMILES string of the molecule is CCc1cccc(OP2(=O)OS(=O)(=O)O2)c1CC. The molecule has 0 spiro atoms. The predicted molar refractivity (Wildman–Crippen MR) is 64.5 cm³/mol. The van der Waals surface area contributed by atoms with Crippen LogP contribution in [0.2, 0.25) is 0 Å². The van der Waals surface area contributed by atoms with E-state index in [1.54, 1.807) is 12.1 Å². The van der Waals surface area contributed by atoms with Gasteiger partial charge in [-0.1, -0.05) is 26.0 Å². The maximum absolute atomic E-state index is 11.7. The highest BCUT2D eigenvalue weighted by molar-refractivity contribution is 7.96. The summed E-state index contributed by atoms with van der Waals surface area (Å²) < 4.78 is 46.4. The molecule has 18 heavy (non-hydrogen) atoms. The fraction of sp³-hybridized carbons (Fsp3) is 0.400. The highest BCUT2D eigenvalue weighted by Gasteiger charge is 2.52. The van der Waals surface area contributed by atoms with Crippen molar-refractivity contribution in [3.63, 3.8) is 0 Å². The lowest BCUT2D eigenvalue weighted by Crippen LogP contribution is -2.22. The molecule has 1 aliphatic heterocycles. The fourth-order valence-electron chi connectivity index (χ4n) is 1.81. The van der Waals surface area contributed by atoms with Crippen molar-refractivity contribution in [3.8, 4) is 5.75 Å². The molecule has 6 nitrogen and oxygen atoms in total. The van der Waals surface area contributed by atoms with E-state index < -0.39 is 18.2 Å². The summed E-state index contributed by atoms with van der Waals surface area (Å²) in [6, 6.07) is 5.28. The number of rotatable bonds is 4. The Morgan fingerprint density at radius 2 is 1.89 bits per heavy atom. The molecule has 0 unspecified atom stereocenters. The Bertz CT molecular complexity index is 593. The second kappa shape index (κ2) is 4.66. The molecular formula is C10H13O6PS. The summed E-state index contributed by atoms with van der Waals surface area (Å²) in [5.41, 5.74) is 1.91. The van der Waals surface area contributed by atoms with Crippen LogP contribution in [0.3, 0.4) is 0 Å². The van der Waals surface area contributed by atoms with Crippen LogP contribution < -0.4 is 4.52 Å². The van der Waals surface area contributed by atoms with E-state index in [1.807, 2.05) is 19.9 Å². The van der Waals surface area contributed by atoms with E-state index in [2.05, 4.69) is 7.94 Å². The van der Waals surface area contributed by atoms with Gasteiger partial charge in [0.25, 0.3) is 0 Å². The molecule has 0 amide bonds. The molecule has 0 saturated carbocycles. The summed E-state index contributed by atoms with van der Waals surface area (Å²) in [4.78, 5) is 0. The van der Waals surface area contributed by atoms with E-state index in [0.717, 1.165) is 17.5 Å². The standard InChI is InChI=1S/C10H13O6PS/c1-3-8-6-5-7-10(9(8)4-2)14-17(11)15-18(12,13)16-17/h5-7H,3-4H2,1-2H3. The lowest BCUT2D eigenvalue weighted by Gasteiger charge is -2.24. The van der Waals surface area contributed by atoms with Crippen LogP contribution in [0.5, 0.6) is 5.75 Å². The monoisotopic (exact) mass is 292 g/mol. The zero-order valence-corrected chi connectivity index (χ0v) is 11.7. The molecule has 1 aliphatic rings. The lowest BCUT2D eigenvalue weighted by atomic mass is 10.0. The molecule has 0 radical (unpaired) electrons. The number of hydrogen-bond acceptors (Lipinski definition) is 6. The van der Waals surface area contributed by atoms with Gasteiger partial charge in [-0.25, -0.2) is 4.57 Å². The first-order valence-electron chi connectivity index (χ1n) is 5.47. The molecule has 1 aromatic rings. The molecule has 1 heterocycles. The summed E-state index contributed by atoms with van der Waals surface area (Å²) in [6.45, 7) is 3.91. The predicted octanol–water partition coefficient (Wildman–Crippen LogP) is 2.59. The number of benzene rings is 1. The van der Waals surface area contributed by atoms with E-state index in [4.69, 9.17) is 4.52 Å². The van der Waals surface area contributed by atoms with Crippen LogP contribution in [-0.4, -0.2) is 8.42 Å². The molecule has 1 saturated heterocycles. The molecule has 1 aromatic carbocycles. The topological polar surface area (TPSA) is 78.9 Å². The molecule has 100 valence electrons. The van der Waals surface area contributed by atoms with Crippen molar-refractivity contribution in [2.75, 3.05) is 0 Å². The van der Waals surface area contributed by atoms with Crippen molar-refractivity contribution < 1.29 is 25.4 Å². The minimum atomic E-state index is -4.13. The molecule has 1 fully saturated rings. The van der Waals surface area contributed by atoms with Gasteiger partial charge in [0.2, 0.25) is 0 Å². The van der Waals surface area contributed by atoms with Gasteiger partial charge in [0.15, 0.2) is 0 Å². The highest BCUT2D eigenvalue weighted by Crippen LogP contribution is 2.61. The van der Waals surface area contributed by atoms with Crippen LogP contribution in [0.4, 0.5) is 0 Å². The Labute approximate surface area is 106 Å². The van der Waals surface area contributed by atoms with Gasteiger partial charge in [-0.3, -0.25) is 0 Å². The van der Waals surface area contributed by atoms with E-state index in [0.29, 0.717) is 12.2 Å². The lowest BCUT2D eigenvalue weighted by molar-refractivity contribution is 0.223. The van der Waals surface area contributed by atoms with E-state index in [-0.39, 0.29) is 0 Å². The molecule has 0 aromatic heterocycles. The minimum absolute atomic E-state index is 0.329. The third kappa shape index (κ3) is 2.59. The number of phosphoric acid groups is 1. The van der Waals surface area contributed by atoms with Crippen LogP contribution in [0.25, 0.3) is 0 Å². The largest absolute Gasteiger partial charge is 0.563 e. The average Bonchev–Trinajstić information content (AvgIpc) is 2.25. The van der Waals surface area contributed by atoms with Crippen molar-refractivity contribution in [2.24, 2.45) is 0 Å². The summed E-state index contributed by atoms with van der Waals surface area (Å²) in [7, 11) is -8.13. The van der Waals surface area contributed by atoms with Crippen molar-refractivity contribution in [2.45, 2.75) is 26.7 Å². The second-order valence-electron chi connectivity index (χ2n) is 3.70. The van der Waals surface area contributed by atoms with Crippen LogP contribution in [0, 0.1) is 0 Å². The highest BCUT2D eigenvalue weighted by atomic mass is 32.3. The van der Waals surface area contributed by atoms with Gasteiger partial charge in [0, 0.05) is 0 Å². The van der Waals surface area contributed by atoms with Gasteiger partial charge in [-0.15, -0.1) is 7.94 Å². The van der Waals surface area contributed by atoms with Gasteiger partial charge in [0.1, 0.15) is 5.75 Å². The first-order valence-corrected chi connectivity index (χ1v) is 8.26. The zero-order valence-electron chi connectivity index (χ0n) is 9.95. The number of aryl methyl sites for hydroxylation is 1. The molecular weight excluding hydrogens is 279 g/mol. The third-order valence-electron chi connectivity index (χ3n) is 2.54. The summed E-state index contributed by atoms with van der Waals surface area (Å²) in [6.07, 6.45) is 1.47. The molecule has 0 N–H and O–H groups in total. The Morgan fingerprint density at radius 1 is 1.22 bits per heavy atom. The van der Waals surface area contributed by atoms with Gasteiger partial charge in [-0.2, -0.15) is 8.42 Å². The summed E-state index contributed by atoms with van der Waals surface area (Å²) in [5.74, 6) is 0.329.